The van der Waals surface area contributed by atoms with Crippen molar-refractivity contribution in [2.75, 3.05) is 11.9 Å². The summed E-state index contributed by atoms with van der Waals surface area (Å²) in [5.74, 6) is 0.981. The van der Waals surface area contributed by atoms with Crippen LogP contribution in [0.15, 0.2) is 18.3 Å². The van der Waals surface area contributed by atoms with Gasteiger partial charge in [0.1, 0.15) is 0 Å². The van der Waals surface area contributed by atoms with Gasteiger partial charge in [-0.1, -0.05) is 0 Å². The molecule has 0 atom stereocenters. The number of carbonyl (C=O) groups excluding carboxylic acids is 1. The number of rotatable bonds is 6. The topological polar surface area (TPSA) is 77.2 Å². The van der Waals surface area contributed by atoms with Crippen LogP contribution >= 0.6 is 0 Å². The molecule has 0 fully saturated rings. The van der Waals surface area contributed by atoms with E-state index in [0.29, 0.717) is 18.1 Å². The van der Waals surface area contributed by atoms with Crippen LogP contribution in [0.4, 0.5) is 5.82 Å². The summed E-state index contributed by atoms with van der Waals surface area (Å²) >= 11 is 0. The zero-order chi connectivity index (χ0) is 12.0. The molecule has 1 aromatic rings. The molecule has 88 valence electrons. The number of amides is 1. The quantitative estimate of drug-likeness (QED) is 0.758. The highest BCUT2D eigenvalue weighted by Gasteiger charge is 2.05. The Morgan fingerprint density at radius 2 is 2.38 bits per heavy atom. The molecule has 5 nitrogen and oxygen atoms in total. The fraction of sp³-hybridized carbons (Fsp3) is 0.455. The van der Waals surface area contributed by atoms with E-state index in [1.54, 1.807) is 12.3 Å². The van der Waals surface area contributed by atoms with E-state index < -0.39 is 0 Å². The van der Waals surface area contributed by atoms with E-state index >= 15 is 0 Å². The second kappa shape index (κ2) is 5.95. The highest BCUT2D eigenvalue weighted by atomic mass is 16.5. The Balaban J connectivity index is 2.60. The van der Waals surface area contributed by atoms with Gasteiger partial charge in [0.25, 0.3) is 0 Å². The number of anilines is 1. The number of nitrogens with zero attached hydrogens (tertiary/aromatic N) is 1. The molecule has 3 N–H and O–H groups in total. The first-order chi connectivity index (χ1) is 7.59. The van der Waals surface area contributed by atoms with E-state index in [1.807, 2.05) is 19.9 Å². The summed E-state index contributed by atoms with van der Waals surface area (Å²) in [6, 6.07) is 3.64. The standard InChI is InChI=1S/C11H17N3O2/c1-8(2)16-9-4-3-6-13-11(9)14-7-5-10(12)15/h3-4,6,8H,5,7H2,1-2H3,(H2,12,15)(H,13,14). The van der Waals surface area contributed by atoms with Crippen molar-refractivity contribution in [3.05, 3.63) is 18.3 Å². The molecule has 16 heavy (non-hydrogen) atoms. The molecule has 0 saturated heterocycles. The zero-order valence-electron chi connectivity index (χ0n) is 9.56. The molecule has 1 amide bonds. The van der Waals surface area contributed by atoms with E-state index in [4.69, 9.17) is 10.5 Å². The summed E-state index contributed by atoms with van der Waals surface area (Å²) in [6.07, 6.45) is 2.03. The lowest BCUT2D eigenvalue weighted by Gasteiger charge is -2.13. The molecule has 1 rings (SSSR count). The largest absolute Gasteiger partial charge is 0.487 e. The molecule has 1 aromatic heterocycles. The van der Waals surface area contributed by atoms with Crippen molar-refractivity contribution in [1.29, 1.82) is 0 Å². The molecule has 0 unspecified atom stereocenters. The fourth-order valence-corrected chi connectivity index (χ4v) is 1.18. The van der Waals surface area contributed by atoms with Gasteiger partial charge in [-0.2, -0.15) is 0 Å². The highest BCUT2D eigenvalue weighted by molar-refractivity contribution is 5.74. The first-order valence-corrected chi connectivity index (χ1v) is 5.23. The van der Waals surface area contributed by atoms with Gasteiger partial charge in [-0.3, -0.25) is 4.79 Å². The van der Waals surface area contributed by atoms with E-state index in [9.17, 15) is 4.79 Å². The van der Waals surface area contributed by atoms with Gasteiger partial charge >= 0.3 is 0 Å². The molecule has 0 aliphatic carbocycles. The van der Waals surface area contributed by atoms with Gasteiger partial charge < -0.3 is 15.8 Å². The second-order valence-corrected chi connectivity index (χ2v) is 3.66. The van der Waals surface area contributed by atoms with E-state index in [-0.39, 0.29) is 18.4 Å². The van der Waals surface area contributed by atoms with Crippen LogP contribution in [0.3, 0.4) is 0 Å². The summed E-state index contributed by atoms with van der Waals surface area (Å²) in [4.78, 5) is 14.7. The fourth-order valence-electron chi connectivity index (χ4n) is 1.18. The van der Waals surface area contributed by atoms with Gasteiger partial charge in [0.05, 0.1) is 6.10 Å². The Kier molecular flexibility index (Phi) is 4.57. The van der Waals surface area contributed by atoms with E-state index in [2.05, 4.69) is 10.3 Å². The Labute approximate surface area is 95.0 Å². The Hall–Kier alpha value is -1.78. The second-order valence-electron chi connectivity index (χ2n) is 3.66. The number of ether oxygens (including phenoxy) is 1. The molecule has 0 aromatic carbocycles. The van der Waals surface area contributed by atoms with Gasteiger partial charge in [-0.15, -0.1) is 0 Å². The summed E-state index contributed by atoms with van der Waals surface area (Å²) in [5, 5.41) is 3.01. The van der Waals surface area contributed by atoms with Gasteiger partial charge in [0.15, 0.2) is 11.6 Å². The third-order valence-corrected chi connectivity index (χ3v) is 1.80. The van der Waals surface area contributed by atoms with Crippen LogP contribution in [0.25, 0.3) is 0 Å². The summed E-state index contributed by atoms with van der Waals surface area (Å²) in [6.45, 7) is 4.35. The number of nitrogens with two attached hydrogens (primary N) is 1. The van der Waals surface area contributed by atoms with Crippen molar-refractivity contribution in [2.24, 2.45) is 5.73 Å². The minimum absolute atomic E-state index is 0.0842. The molecule has 0 aliphatic heterocycles. The Bertz CT molecular complexity index is 353. The van der Waals surface area contributed by atoms with Crippen molar-refractivity contribution < 1.29 is 9.53 Å². The third-order valence-electron chi connectivity index (χ3n) is 1.80. The van der Waals surface area contributed by atoms with Gasteiger partial charge in [0.2, 0.25) is 5.91 Å². The number of carbonyl (C=O) groups is 1. The highest BCUT2D eigenvalue weighted by Crippen LogP contribution is 2.21. The monoisotopic (exact) mass is 223 g/mol. The number of pyridine rings is 1. The zero-order valence-corrected chi connectivity index (χ0v) is 9.56. The summed E-state index contributed by atoms with van der Waals surface area (Å²) in [7, 11) is 0. The normalized spacial score (nSPS) is 10.2. The third kappa shape index (κ3) is 4.16. The molecule has 0 saturated carbocycles. The van der Waals surface area contributed by atoms with E-state index in [1.165, 1.54) is 0 Å². The van der Waals surface area contributed by atoms with Crippen molar-refractivity contribution in [3.63, 3.8) is 0 Å². The lowest BCUT2D eigenvalue weighted by Crippen LogP contribution is -2.17. The minimum atomic E-state index is -0.338. The molecule has 0 aliphatic rings. The SMILES string of the molecule is CC(C)Oc1cccnc1NCCC(N)=O. The average molecular weight is 223 g/mol. The first-order valence-electron chi connectivity index (χ1n) is 5.23. The van der Waals surface area contributed by atoms with Crippen molar-refractivity contribution in [1.82, 2.24) is 4.98 Å². The minimum Gasteiger partial charge on any atom is -0.487 e. The summed E-state index contributed by atoms with van der Waals surface area (Å²) < 4.78 is 5.56. The first kappa shape index (κ1) is 12.3. The molecule has 0 radical (unpaired) electrons. The Morgan fingerprint density at radius 3 is 3.00 bits per heavy atom. The number of nitrogens with one attached hydrogen (secondary N) is 1. The van der Waals surface area contributed by atoms with Crippen LogP contribution in [0.2, 0.25) is 0 Å². The smallest absolute Gasteiger partial charge is 0.219 e. The molecule has 5 heteroatoms. The molecular formula is C11H17N3O2. The number of aromatic nitrogens is 1. The number of primary amides is 1. The van der Waals surface area contributed by atoms with Crippen molar-refractivity contribution in [3.8, 4) is 5.75 Å². The van der Waals surface area contributed by atoms with Crippen LogP contribution in [0.5, 0.6) is 5.75 Å². The summed E-state index contributed by atoms with van der Waals surface area (Å²) in [5.41, 5.74) is 5.04. The number of hydrogen-bond acceptors (Lipinski definition) is 4. The van der Waals surface area contributed by atoms with Crippen LogP contribution in [0, 0.1) is 0 Å². The average Bonchev–Trinajstić information content (AvgIpc) is 2.19. The van der Waals surface area contributed by atoms with Crippen molar-refractivity contribution >= 4 is 11.7 Å². The maximum atomic E-state index is 10.6. The Morgan fingerprint density at radius 1 is 1.62 bits per heavy atom. The lowest BCUT2D eigenvalue weighted by atomic mass is 10.3. The molecule has 0 spiro atoms. The number of hydrogen-bond donors (Lipinski definition) is 2. The molecule has 1 heterocycles. The van der Waals surface area contributed by atoms with Crippen molar-refractivity contribution in [2.45, 2.75) is 26.4 Å². The van der Waals surface area contributed by atoms with Gasteiger partial charge in [0, 0.05) is 19.2 Å². The maximum absolute atomic E-state index is 10.6. The predicted molar refractivity (Wildman–Crippen MR) is 62.3 cm³/mol. The van der Waals surface area contributed by atoms with Gasteiger partial charge in [-0.25, -0.2) is 4.98 Å². The van der Waals surface area contributed by atoms with Crippen LogP contribution in [0.1, 0.15) is 20.3 Å². The maximum Gasteiger partial charge on any atom is 0.219 e. The predicted octanol–water partition coefficient (Wildman–Crippen LogP) is 1.16. The van der Waals surface area contributed by atoms with Gasteiger partial charge in [-0.05, 0) is 26.0 Å². The lowest BCUT2D eigenvalue weighted by molar-refractivity contribution is -0.117. The van der Waals surface area contributed by atoms with Crippen LogP contribution in [-0.4, -0.2) is 23.5 Å². The molecule has 0 bridgehead atoms. The van der Waals surface area contributed by atoms with E-state index in [0.717, 1.165) is 0 Å². The van der Waals surface area contributed by atoms with Crippen LogP contribution < -0.4 is 15.8 Å². The van der Waals surface area contributed by atoms with Crippen LogP contribution in [-0.2, 0) is 4.79 Å². The molecular weight excluding hydrogens is 206 g/mol.